The molecule has 0 bridgehead atoms. The molecular weight excluding hydrogens is 718 g/mol. The number of benzene rings is 4. The number of allylic oxidation sites excluding steroid dienone is 1. The van der Waals surface area contributed by atoms with Crippen molar-refractivity contribution >= 4 is 52.5 Å². The highest BCUT2D eigenvalue weighted by Crippen LogP contribution is 2.39. The summed E-state index contributed by atoms with van der Waals surface area (Å²) >= 11 is 0. The normalized spacial score (nSPS) is 11.5. The van der Waals surface area contributed by atoms with E-state index in [1.807, 2.05) is 19.1 Å². The molecule has 4 aromatic carbocycles. The Hall–Kier alpha value is -7.16. The minimum Gasteiger partial charge on any atom is -0.504 e. The van der Waals surface area contributed by atoms with Crippen LogP contribution in [0, 0.1) is 6.92 Å². The Balaban J connectivity index is 1.41. The summed E-state index contributed by atoms with van der Waals surface area (Å²) in [6.45, 7) is 7.06. The van der Waals surface area contributed by atoms with E-state index in [2.05, 4.69) is 26.6 Å². The number of nitrogens with zero attached hydrogens (tertiary/aromatic N) is 1. The number of hydrogen-bond acceptors (Lipinski definition) is 9. The van der Waals surface area contributed by atoms with Crippen LogP contribution in [0.25, 0.3) is 0 Å². The zero-order valence-corrected chi connectivity index (χ0v) is 31.9. The minimum absolute atomic E-state index is 0.0615. The summed E-state index contributed by atoms with van der Waals surface area (Å²) in [4.78, 5) is 78.6. The zero-order valence-electron chi connectivity index (χ0n) is 31.9. The number of phenolic OH excluding ortho intramolecular Hbond substituents is 1. The maximum atomic E-state index is 13.3. The van der Waals surface area contributed by atoms with Gasteiger partial charge >= 0.3 is 0 Å². The fourth-order valence-electron chi connectivity index (χ4n) is 5.27. The number of phenols is 1. The van der Waals surface area contributed by atoms with Gasteiger partial charge in [0.25, 0.3) is 23.6 Å². The van der Waals surface area contributed by atoms with Gasteiger partial charge in [-0.3, -0.25) is 28.8 Å². The standard InChI is InChI=1S/C41H45N7O8/c1-23(2)56-36-32(20-19-31(35(36)50)40(54)43-25(4)22-48(5)6)46-38(52)27-13-17-30(18-14-27)45-41(55)33(21-34(42)49)47-39(53)28-11-15-29(16-12-28)44-37(51)26-9-7-24(3)8-10-26/h7-20,22-23,33,50H,21H2,1-6H3,(H2,42,49)(H,43,54)(H,44,51)(H,45,55)(H,46,52)(H,47,53)/b25-22+. The fraction of sp³-hybridized carbons (Fsp3) is 0.220. The molecule has 56 heavy (non-hydrogen) atoms. The largest absolute Gasteiger partial charge is 0.504 e. The lowest BCUT2D eigenvalue weighted by Crippen LogP contribution is -2.46. The molecule has 0 saturated carbocycles. The number of rotatable bonds is 15. The van der Waals surface area contributed by atoms with Gasteiger partial charge in [-0.1, -0.05) is 17.7 Å². The number of anilines is 3. The zero-order chi connectivity index (χ0) is 41.1. The molecule has 1 unspecified atom stereocenters. The first kappa shape index (κ1) is 41.6. The first-order chi connectivity index (χ1) is 26.5. The van der Waals surface area contributed by atoms with E-state index in [9.17, 15) is 33.9 Å². The Morgan fingerprint density at radius 2 is 1.25 bits per heavy atom. The lowest BCUT2D eigenvalue weighted by molar-refractivity contribution is -0.123. The summed E-state index contributed by atoms with van der Waals surface area (Å²) < 4.78 is 5.79. The van der Waals surface area contributed by atoms with Gasteiger partial charge in [-0.2, -0.15) is 0 Å². The Morgan fingerprint density at radius 3 is 1.79 bits per heavy atom. The summed E-state index contributed by atoms with van der Waals surface area (Å²) in [5.74, 6) is -4.26. The molecule has 15 nitrogen and oxygen atoms in total. The van der Waals surface area contributed by atoms with Gasteiger partial charge in [-0.15, -0.1) is 0 Å². The van der Waals surface area contributed by atoms with Crippen LogP contribution in [-0.4, -0.2) is 71.7 Å². The molecule has 0 aliphatic carbocycles. The van der Waals surface area contributed by atoms with E-state index in [0.717, 1.165) is 5.56 Å². The van der Waals surface area contributed by atoms with E-state index in [4.69, 9.17) is 10.5 Å². The van der Waals surface area contributed by atoms with Crippen molar-refractivity contribution < 1.29 is 38.6 Å². The van der Waals surface area contributed by atoms with Crippen molar-refractivity contribution in [2.24, 2.45) is 5.73 Å². The molecule has 292 valence electrons. The molecule has 0 heterocycles. The number of primary amides is 1. The lowest BCUT2D eigenvalue weighted by Gasteiger charge is -2.19. The maximum Gasteiger partial charge on any atom is 0.259 e. The van der Waals surface area contributed by atoms with E-state index in [0.29, 0.717) is 16.9 Å². The molecule has 1 atom stereocenters. The number of hydrogen-bond donors (Lipinski definition) is 7. The number of carbonyl (C=O) groups excluding carboxylic acids is 6. The lowest BCUT2D eigenvalue weighted by atomic mass is 10.1. The Bertz CT molecular complexity index is 2130. The van der Waals surface area contributed by atoms with E-state index in [1.54, 1.807) is 58.1 Å². The highest BCUT2D eigenvalue weighted by Gasteiger charge is 2.25. The van der Waals surface area contributed by atoms with Gasteiger partial charge < -0.3 is 47.1 Å². The third-order valence-corrected chi connectivity index (χ3v) is 7.90. The Labute approximate surface area is 324 Å². The SMILES string of the molecule is C/C(=C\N(C)C)NC(=O)c1ccc(NC(=O)c2ccc(NC(=O)C(CC(N)=O)NC(=O)c3ccc(NC(=O)c4ccc(C)cc4)cc3)cc2)c(OC(C)C)c1O. The summed E-state index contributed by atoms with van der Waals surface area (Å²) in [6.07, 6.45) is 0.784. The van der Waals surface area contributed by atoms with Crippen LogP contribution in [0.3, 0.4) is 0 Å². The molecule has 6 amide bonds. The summed E-state index contributed by atoms with van der Waals surface area (Å²) in [5, 5.41) is 24.3. The quantitative estimate of drug-likeness (QED) is 0.0886. The molecule has 4 rings (SSSR count). The third kappa shape index (κ3) is 11.7. The van der Waals surface area contributed by atoms with Gasteiger partial charge in [-0.25, -0.2) is 0 Å². The predicted molar refractivity (Wildman–Crippen MR) is 212 cm³/mol. The monoisotopic (exact) mass is 763 g/mol. The molecule has 4 aromatic rings. The number of nitrogens with one attached hydrogen (secondary N) is 5. The Morgan fingerprint density at radius 1 is 0.732 bits per heavy atom. The first-order valence-corrected chi connectivity index (χ1v) is 17.5. The number of aromatic hydroxyl groups is 1. The second-order valence-electron chi connectivity index (χ2n) is 13.3. The van der Waals surface area contributed by atoms with E-state index in [1.165, 1.54) is 60.7 Å². The number of nitrogens with two attached hydrogens (primary N) is 1. The van der Waals surface area contributed by atoms with Gasteiger partial charge in [0, 0.05) is 54.1 Å². The topological polar surface area (TPSA) is 221 Å². The highest BCUT2D eigenvalue weighted by molar-refractivity contribution is 6.08. The molecular formula is C41H45N7O8. The smallest absolute Gasteiger partial charge is 0.259 e. The van der Waals surface area contributed by atoms with Crippen LogP contribution in [0.2, 0.25) is 0 Å². The second-order valence-corrected chi connectivity index (χ2v) is 13.3. The van der Waals surface area contributed by atoms with Crippen LogP contribution in [0.15, 0.2) is 96.8 Å². The van der Waals surface area contributed by atoms with Gasteiger partial charge in [-0.05, 0) is 100 Å². The number of amides is 6. The van der Waals surface area contributed by atoms with Gasteiger partial charge in [0.05, 0.1) is 23.8 Å². The highest BCUT2D eigenvalue weighted by atomic mass is 16.5. The van der Waals surface area contributed by atoms with Crippen molar-refractivity contribution in [2.45, 2.75) is 46.3 Å². The van der Waals surface area contributed by atoms with Crippen molar-refractivity contribution in [3.63, 3.8) is 0 Å². The molecule has 8 N–H and O–H groups in total. The van der Waals surface area contributed by atoms with E-state index < -0.39 is 53.9 Å². The van der Waals surface area contributed by atoms with E-state index in [-0.39, 0.29) is 39.7 Å². The first-order valence-electron chi connectivity index (χ1n) is 17.5. The predicted octanol–water partition coefficient (Wildman–Crippen LogP) is 4.76. The molecule has 0 radical (unpaired) electrons. The van der Waals surface area contributed by atoms with Crippen molar-refractivity contribution in [1.82, 2.24) is 15.5 Å². The summed E-state index contributed by atoms with van der Waals surface area (Å²) in [7, 11) is 3.60. The average molecular weight is 764 g/mol. The van der Waals surface area contributed by atoms with Crippen LogP contribution >= 0.6 is 0 Å². The van der Waals surface area contributed by atoms with Gasteiger partial charge in [0.15, 0.2) is 11.5 Å². The van der Waals surface area contributed by atoms with Crippen LogP contribution in [0.4, 0.5) is 17.1 Å². The summed E-state index contributed by atoms with van der Waals surface area (Å²) in [6, 6.07) is 20.2. The van der Waals surface area contributed by atoms with Crippen LogP contribution in [0.5, 0.6) is 11.5 Å². The maximum absolute atomic E-state index is 13.3. The molecule has 0 spiro atoms. The number of carbonyl (C=O) groups is 6. The van der Waals surface area contributed by atoms with Crippen molar-refractivity contribution in [1.29, 1.82) is 0 Å². The van der Waals surface area contributed by atoms with Gasteiger partial charge in [0.1, 0.15) is 6.04 Å². The molecule has 0 saturated heterocycles. The van der Waals surface area contributed by atoms with Crippen LogP contribution < -0.4 is 37.1 Å². The average Bonchev–Trinajstić information content (AvgIpc) is 3.12. The van der Waals surface area contributed by atoms with E-state index >= 15 is 0 Å². The van der Waals surface area contributed by atoms with Crippen LogP contribution in [0.1, 0.15) is 74.2 Å². The Kier molecular flexibility index (Phi) is 13.9. The fourth-order valence-corrected chi connectivity index (χ4v) is 5.27. The minimum atomic E-state index is -1.34. The second kappa shape index (κ2) is 18.7. The van der Waals surface area contributed by atoms with Crippen molar-refractivity contribution in [3.8, 4) is 11.5 Å². The molecule has 15 heteroatoms. The van der Waals surface area contributed by atoms with Gasteiger partial charge in [0.2, 0.25) is 11.8 Å². The molecule has 0 aromatic heterocycles. The van der Waals surface area contributed by atoms with Crippen molar-refractivity contribution in [2.75, 3.05) is 30.0 Å². The molecule has 0 fully saturated rings. The van der Waals surface area contributed by atoms with Crippen molar-refractivity contribution in [3.05, 3.63) is 125 Å². The molecule has 0 aliphatic rings. The number of ether oxygens (including phenoxy) is 1. The van der Waals surface area contributed by atoms with Crippen LogP contribution in [-0.2, 0) is 9.59 Å². The third-order valence-electron chi connectivity index (χ3n) is 7.90. The number of aryl methyl sites for hydroxylation is 1. The molecule has 0 aliphatic heterocycles. The summed E-state index contributed by atoms with van der Waals surface area (Å²) in [5.41, 5.74) is 8.48.